The third-order valence-electron chi connectivity index (χ3n) is 4.83. The van der Waals surface area contributed by atoms with E-state index in [0.717, 1.165) is 10.0 Å². The van der Waals surface area contributed by atoms with E-state index in [4.69, 9.17) is 0 Å². The second-order valence-corrected chi connectivity index (χ2v) is 7.96. The molecule has 0 bridgehead atoms. The quantitative estimate of drug-likeness (QED) is 0.276. The van der Waals surface area contributed by atoms with E-state index in [2.05, 4.69) is 42.0 Å². The highest BCUT2D eigenvalue weighted by Gasteiger charge is 2.27. The summed E-state index contributed by atoms with van der Waals surface area (Å²) >= 11 is 3.36. The van der Waals surface area contributed by atoms with Gasteiger partial charge in [-0.2, -0.15) is 10.2 Å². The molecule has 9 heteroatoms. The first-order valence-corrected chi connectivity index (χ1v) is 10.7. The van der Waals surface area contributed by atoms with E-state index in [9.17, 15) is 14.4 Å². The van der Waals surface area contributed by atoms with Crippen molar-refractivity contribution in [3.8, 4) is 0 Å². The Labute approximate surface area is 196 Å². The summed E-state index contributed by atoms with van der Waals surface area (Å²) in [5, 5.41) is 14.0. The largest absolute Gasteiger partial charge is 0.335 e. The van der Waals surface area contributed by atoms with Gasteiger partial charge in [-0.25, -0.2) is 10.5 Å². The minimum absolute atomic E-state index is 0.200. The van der Waals surface area contributed by atoms with Gasteiger partial charge in [0.05, 0.1) is 11.6 Å². The van der Waals surface area contributed by atoms with Crippen LogP contribution in [0, 0.1) is 0 Å². The van der Waals surface area contributed by atoms with Crippen LogP contribution in [0.5, 0.6) is 0 Å². The zero-order valence-electron chi connectivity index (χ0n) is 17.2. The number of nitrogens with one attached hydrogen (secondary N) is 3. The molecule has 0 saturated heterocycles. The van der Waals surface area contributed by atoms with Crippen LogP contribution >= 0.6 is 15.9 Å². The molecule has 0 unspecified atom stereocenters. The van der Waals surface area contributed by atoms with Crippen molar-refractivity contribution in [2.45, 2.75) is 6.04 Å². The highest BCUT2D eigenvalue weighted by Crippen LogP contribution is 2.20. The Morgan fingerprint density at radius 1 is 0.939 bits per heavy atom. The molecule has 8 nitrogen and oxygen atoms in total. The van der Waals surface area contributed by atoms with Gasteiger partial charge in [0.2, 0.25) is 0 Å². The fourth-order valence-electron chi connectivity index (χ4n) is 3.20. The zero-order valence-corrected chi connectivity index (χ0v) is 18.7. The van der Waals surface area contributed by atoms with Crippen LogP contribution < -0.4 is 16.3 Å². The molecule has 1 aromatic heterocycles. The number of amides is 2. The number of nitrogens with zero attached hydrogens (tertiary/aromatic N) is 2. The summed E-state index contributed by atoms with van der Waals surface area (Å²) in [5.74, 6) is -1.08. The molecule has 3 aromatic carbocycles. The molecule has 1 heterocycles. The van der Waals surface area contributed by atoms with Crippen LogP contribution in [0.15, 0.2) is 93.2 Å². The Balaban J connectivity index is 1.66. The van der Waals surface area contributed by atoms with Gasteiger partial charge in [-0.05, 0) is 35.9 Å². The molecule has 3 N–H and O–H groups in total. The molecule has 0 saturated carbocycles. The van der Waals surface area contributed by atoms with Gasteiger partial charge in [-0.1, -0.05) is 64.5 Å². The van der Waals surface area contributed by atoms with Crippen molar-refractivity contribution in [2.75, 3.05) is 0 Å². The number of hydrazone groups is 1. The molecule has 2 amide bonds. The van der Waals surface area contributed by atoms with Crippen molar-refractivity contribution in [2.24, 2.45) is 5.10 Å². The lowest BCUT2D eigenvalue weighted by molar-refractivity contribution is -0.123. The number of aromatic amines is 1. The molecule has 0 radical (unpaired) electrons. The van der Waals surface area contributed by atoms with Crippen LogP contribution in [0.25, 0.3) is 10.8 Å². The smallest absolute Gasteiger partial charge is 0.272 e. The normalized spacial score (nSPS) is 11.9. The van der Waals surface area contributed by atoms with Gasteiger partial charge in [0.25, 0.3) is 17.4 Å². The van der Waals surface area contributed by atoms with Gasteiger partial charge in [-0.3, -0.25) is 14.4 Å². The Morgan fingerprint density at radius 3 is 2.33 bits per heavy atom. The Bertz CT molecular complexity index is 1380. The predicted octanol–water partition coefficient (Wildman–Crippen LogP) is 3.31. The van der Waals surface area contributed by atoms with Crippen molar-refractivity contribution in [1.82, 2.24) is 20.9 Å². The molecular formula is C24H18BrN5O3. The molecule has 4 rings (SSSR count). The lowest BCUT2D eigenvalue weighted by Gasteiger charge is -2.18. The van der Waals surface area contributed by atoms with Crippen molar-refractivity contribution >= 4 is 44.7 Å². The summed E-state index contributed by atoms with van der Waals surface area (Å²) in [7, 11) is 0. The molecule has 0 aliphatic heterocycles. The minimum atomic E-state index is -1.21. The highest BCUT2D eigenvalue weighted by atomic mass is 79.9. The second kappa shape index (κ2) is 10.0. The van der Waals surface area contributed by atoms with E-state index >= 15 is 0 Å². The standard InChI is InChI=1S/C24H18BrN5O3/c25-17-12-10-15(11-13-17)14-26-29-24(33)21(27-22(31)16-6-2-1-3-7-16)20-18-8-4-5-9-19(18)23(32)30-28-20/h1-14,21H,(H,27,31)(H,29,33)(H,30,32)/b26-14+/t21-/m1/s1. The van der Waals surface area contributed by atoms with Gasteiger partial charge >= 0.3 is 0 Å². The first kappa shape index (κ1) is 22.1. The maximum absolute atomic E-state index is 13.1. The lowest BCUT2D eigenvalue weighted by atomic mass is 10.0. The molecule has 33 heavy (non-hydrogen) atoms. The zero-order chi connectivity index (χ0) is 23.2. The number of hydrogen-bond acceptors (Lipinski definition) is 5. The van der Waals surface area contributed by atoms with E-state index in [1.54, 1.807) is 54.6 Å². The third-order valence-corrected chi connectivity index (χ3v) is 5.36. The average Bonchev–Trinajstić information content (AvgIpc) is 2.85. The van der Waals surface area contributed by atoms with Gasteiger partial charge in [0.1, 0.15) is 5.69 Å². The summed E-state index contributed by atoms with van der Waals surface area (Å²) in [4.78, 5) is 38.1. The topological polar surface area (TPSA) is 116 Å². The van der Waals surface area contributed by atoms with Gasteiger partial charge in [0.15, 0.2) is 6.04 Å². The second-order valence-electron chi connectivity index (χ2n) is 7.04. The van der Waals surface area contributed by atoms with Crippen molar-refractivity contribution in [3.63, 3.8) is 0 Å². The molecule has 0 aliphatic carbocycles. The van der Waals surface area contributed by atoms with E-state index < -0.39 is 23.4 Å². The number of hydrogen-bond donors (Lipinski definition) is 3. The lowest BCUT2D eigenvalue weighted by Crippen LogP contribution is -2.40. The molecule has 1 atom stereocenters. The van der Waals surface area contributed by atoms with Crippen LogP contribution in [-0.2, 0) is 4.79 Å². The van der Waals surface area contributed by atoms with Crippen LogP contribution in [0.2, 0.25) is 0 Å². The number of H-pyrrole nitrogens is 1. The van der Waals surface area contributed by atoms with E-state index in [1.165, 1.54) is 6.21 Å². The Kier molecular flexibility index (Phi) is 6.70. The molecule has 0 spiro atoms. The number of benzene rings is 3. The van der Waals surface area contributed by atoms with Gasteiger partial charge in [-0.15, -0.1) is 0 Å². The number of carbonyl (C=O) groups is 2. The maximum atomic E-state index is 13.1. The van der Waals surface area contributed by atoms with Crippen LogP contribution in [0.4, 0.5) is 0 Å². The molecule has 4 aromatic rings. The number of carbonyl (C=O) groups excluding carboxylic acids is 2. The predicted molar refractivity (Wildman–Crippen MR) is 129 cm³/mol. The number of halogens is 1. The Hall–Kier alpha value is -4.11. The van der Waals surface area contributed by atoms with E-state index in [0.29, 0.717) is 16.3 Å². The van der Waals surface area contributed by atoms with Crippen LogP contribution in [0.3, 0.4) is 0 Å². The van der Waals surface area contributed by atoms with Crippen molar-refractivity contribution in [3.05, 3.63) is 111 Å². The SMILES string of the molecule is O=C(N[C@@H](C(=O)N/N=C/c1ccc(Br)cc1)c1n[nH]c(=O)c2ccccc12)c1ccccc1. The van der Waals surface area contributed by atoms with Gasteiger partial charge in [0, 0.05) is 15.4 Å². The molecule has 0 aliphatic rings. The summed E-state index contributed by atoms with van der Waals surface area (Å²) in [6.07, 6.45) is 1.48. The summed E-state index contributed by atoms with van der Waals surface area (Å²) in [6, 6.07) is 21.4. The maximum Gasteiger partial charge on any atom is 0.272 e. The van der Waals surface area contributed by atoms with E-state index in [1.807, 2.05) is 24.3 Å². The van der Waals surface area contributed by atoms with Crippen molar-refractivity contribution < 1.29 is 9.59 Å². The number of aromatic nitrogens is 2. The average molecular weight is 504 g/mol. The first-order valence-electron chi connectivity index (χ1n) is 9.94. The summed E-state index contributed by atoms with van der Waals surface area (Å²) in [5.41, 5.74) is 3.41. The monoisotopic (exact) mass is 503 g/mol. The van der Waals surface area contributed by atoms with Crippen LogP contribution in [0.1, 0.15) is 27.7 Å². The van der Waals surface area contributed by atoms with E-state index in [-0.39, 0.29) is 5.69 Å². The number of rotatable bonds is 6. The number of fused-ring (bicyclic) bond motifs is 1. The molecule has 164 valence electrons. The molecular weight excluding hydrogens is 486 g/mol. The summed E-state index contributed by atoms with van der Waals surface area (Å²) in [6.45, 7) is 0. The fraction of sp³-hybridized carbons (Fsp3) is 0.0417. The molecule has 0 fully saturated rings. The minimum Gasteiger partial charge on any atom is -0.335 e. The van der Waals surface area contributed by atoms with Crippen LogP contribution in [-0.4, -0.2) is 28.2 Å². The van der Waals surface area contributed by atoms with Gasteiger partial charge < -0.3 is 5.32 Å². The first-order chi connectivity index (χ1) is 16.0. The summed E-state index contributed by atoms with van der Waals surface area (Å²) < 4.78 is 0.920. The third kappa shape index (κ3) is 5.21. The fourth-order valence-corrected chi connectivity index (χ4v) is 3.47. The van der Waals surface area contributed by atoms with Crippen molar-refractivity contribution in [1.29, 1.82) is 0 Å². The Morgan fingerprint density at radius 2 is 1.61 bits per heavy atom. The highest BCUT2D eigenvalue weighted by molar-refractivity contribution is 9.10.